The maximum Gasteiger partial charge on any atom is 0.164 e. The Bertz CT molecular complexity index is 742. The number of halogens is 1. The van der Waals surface area contributed by atoms with Crippen LogP contribution in [0.1, 0.15) is 29.9 Å². The molecule has 1 N–H and O–H groups in total. The van der Waals surface area contributed by atoms with Gasteiger partial charge in [0.15, 0.2) is 11.5 Å². The minimum Gasteiger partial charge on any atom is -0.493 e. The minimum absolute atomic E-state index is 0.0456. The highest BCUT2D eigenvalue weighted by molar-refractivity contribution is 5.48. The van der Waals surface area contributed by atoms with E-state index in [1.54, 1.807) is 14.2 Å². The van der Waals surface area contributed by atoms with Crippen LogP contribution in [0.3, 0.4) is 0 Å². The Balaban J connectivity index is 1.59. The van der Waals surface area contributed by atoms with Crippen molar-refractivity contribution in [2.45, 2.75) is 25.2 Å². The van der Waals surface area contributed by atoms with E-state index < -0.39 is 0 Å². The van der Waals surface area contributed by atoms with Gasteiger partial charge in [-0.05, 0) is 62.0 Å². The molecule has 0 aromatic heterocycles. The molecule has 1 aliphatic heterocycles. The lowest BCUT2D eigenvalue weighted by Crippen LogP contribution is -2.37. The quantitative estimate of drug-likeness (QED) is 0.747. The van der Waals surface area contributed by atoms with Crippen LogP contribution in [0, 0.1) is 11.7 Å². The van der Waals surface area contributed by atoms with E-state index in [1.165, 1.54) is 12.1 Å². The SMILES string of the molecule is COc1cccc([C@H](CO)C2CCN(CCc3ccc(F)cc3)CC2)c1OC. The fraction of sp³-hybridized carbons (Fsp3) is 0.478. The normalized spacial score (nSPS) is 16.7. The molecule has 0 amide bonds. The fourth-order valence-corrected chi connectivity index (χ4v) is 4.22. The lowest BCUT2D eigenvalue weighted by molar-refractivity contribution is 0.139. The molecule has 2 aromatic rings. The number of para-hydroxylation sites is 1. The van der Waals surface area contributed by atoms with E-state index >= 15 is 0 Å². The van der Waals surface area contributed by atoms with Crippen LogP contribution in [0.15, 0.2) is 42.5 Å². The molecule has 0 aliphatic carbocycles. The van der Waals surface area contributed by atoms with Gasteiger partial charge in [-0.25, -0.2) is 4.39 Å². The van der Waals surface area contributed by atoms with Crippen molar-refractivity contribution in [3.05, 3.63) is 59.4 Å². The number of hydrogen-bond donors (Lipinski definition) is 1. The second-order valence-corrected chi connectivity index (χ2v) is 7.43. The van der Waals surface area contributed by atoms with Crippen molar-refractivity contribution in [1.29, 1.82) is 0 Å². The Morgan fingerprint density at radius 3 is 2.39 bits per heavy atom. The lowest BCUT2D eigenvalue weighted by atomic mass is 9.80. The summed E-state index contributed by atoms with van der Waals surface area (Å²) in [4.78, 5) is 2.46. The standard InChI is InChI=1S/C23H30FNO3/c1-27-22-5-3-4-20(23(22)28-2)21(16-26)18-11-14-25(15-12-18)13-10-17-6-8-19(24)9-7-17/h3-9,18,21,26H,10-16H2,1-2H3/t21-/m1/s1. The van der Waals surface area contributed by atoms with Gasteiger partial charge in [0, 0.05) is 18.0 Å². The van der Waals surface area contributed by atoms with Crippen LogP contribution in [0.25, 0.3) is 0 Å². The fourth-order valence-electron chi connectivity index (χ4n) is 4.22. The largest absolute Gasteiger partial charge is 0.493 e. The minimum atomic E-state index is -0.187. The van der Waals surface area contributed by atoms with Gasteiger partial charge in [0.25, 0.3) is 0 Å². The zero-order chi connectivity index (χ0) is 19.9. The molecule has 3 rings (SSSR count). The number of likely N-dealkylation sites (tertiary alicyclic amines) is 1. The topological polar surface area (TPSA) is 41.9 Å². The zero-order valence-electron chi connectivity index (χ0n) is 16.7. The van der Waals surface area contributed by atoms with E-state index in [0.29, 0.717) is 11.7 Å². The van der Waals surface area contributed by atoms with Gasteiger partial charge < -0.3 is 19.5 Å². The first-order valence-electron chi connectivity index (χ1n) is 9.94. The highest BCUT2D eigenvalue weighted by Gasteiger charge is 2.30. The van der Waals surface area contributed by atoms with Gasteiger partial charge in [0.2, 0.25) is 0 Å². The Morgan fingerprint density at radius 1 is 1.07 bits per heavy atom. The third-order valence-electron chi connectivity index (χ3n) is 5.86. The predicted octanol–water partition coefficient (Wildman–Crippen LogP) is 3.87. The number of methoxy groups -OCH3 is 2. The van der Waals surface area contributed by atoms with Gasteiger partial charge in [0.05, 0.1) is 20.8 Å². The molecule has 0 spiro atoms. The Morgan fingerprint density at radius 2 is 1.79 bits per heavy atom. The van der Waals surface area contributed by atoms with Gasteiger partial charge in [-0.2, -0.15) is 0 Å². The van der Waals surface area contributed by atoms with Crippen LogP contribution in [-0.4, -0.2) is 50.5 Å². The average molecular weight is 387 g/mol. The highest BCUT2D eigenvalue weighted by Crippen LogP contribution is 2.41. The van der Waals surface area contributed by atoms with Gasteiger partial charge in [-0.15, -0.1) is 0 Å². The van der Waals surface area contributed by atoms with Crippen molar-refractivity contribution in [3.63, 3.8) is 0 Å². The third-order valence-corrected chi connectivity index (χ3v) is 5.86. The number of benzene rings is 2. The van der Waals surface area contributed by atoms with Crippen LogP contribution < -0.4 is 9.47 Å². The van der Waals surface area contributed by atoms with E-state index in [2.05, 4.69) is 4.90 Å². The van der Waals surface area contributed by atoms with Crippen LogP contribution in [0.5, 0.6) is 11.5 Å². The molecule has 2 aromatic carbocycles. The second-order valence-electron chi connectivity index (χ2n) is 7.43. The molecule has 0 saturated carbocycles. The van der Waals surface area contributed by atoms with Crippen molar-refractivity contribution < 1.29 is 19.0 Å². The van der Waals surface area contributed by atoms with Crippen molar-refractivity contribution >= 4 is 0 Å². The maximum atomic E-state index is 13.0. The molecule has 1 saturated heterocycles. The summed E-state index contributed by atoms with van der Waals surface area (Å²) < 4.78 is 24.0. The molecule has 1 aliphatic rings. The van der Waals surface area contributed by atoms with E-state index in [1.807, 2.05) is 30.3 Å². The Labute approximate surface area is 166 Å². The van der Waals surface area contributed by atoms with Crippen LogP contribution in [-0.2, 0) is 6.42 Å². The number of ether oxygens (including phenoxy) is 2. The Hall–Kier alpha value is -2.11. The maximum absolute atomic E-state index is 13.0. The van der Waals surface area contributed by atoms with E-state index in [0.717, 1.165) is 55.8 Å². The van der Waals surface area contributed by atoms with E-state index in [-0.39, 0.29) is 18.3 Å². The summed E-state index contributed by atoms with van der Waals surface area (Å²) in [5.74, 6) is 1.70. The molecule has 152 valence electrons. The number of piperidine rings is 1. The van der Waals surface area contributed by atoms with Crippen LogP contribution in [0.2, 0.25) is 0 Å². The predicted molar refractivity (Wildman–Crippen MR) is 109 cm³/mol. The molecule has 0 unspecified atom stereocenters. The molecule has 1 fully saturated rings. The van der Waals surface area contributed by atoms with Gasteiger partial charge in [0.1, 0.15) is 5.82 Å². The highest BCUT2D eigenvalue weighted by atomic mass is 19.1. The van der Waals surface area contributed by atoms with Crippen molar-refractivity contribution in [1.82, 2.24) is 4.90 Å². The first-order chi connectivity index (χ1) is 13.7. The average Bonchev–Trinajstić information content (AvgIpc) is 2.74. The molecular weight excluding hydrogens is 357 g/mol. The summed E-state index contributed by atoms with van der Waals surface area (Å²) in [7, 11) is 3.28. The molecule has 28 heavy (non-hydrogen) atoms. The first kappa shape index (κ1) is 20.6. The van der Waals surface area contributed by atoms with Crippen molar-refractivity contribution in [3.8, 4) is 11.5 Å². The summed E-state index contributed by atoms with van der Waals surface area (Å²) in [6, 6.07) is 12.6. The van der Waals surface area contributed by atoms with Crippen LogP contribution >= 0.6 is 0 Å². The number of nitrogens with zero attached hydrogens (tertiary/aromatic N) is 1. The summed E-state index contributed by atoms with van der Waals surface area (Å²) in [6.45, 7) is 3.09. The monoisotopic (exact) mass is 387 g/mol. The van der Waals surface area contributed by atoms with Gasteiger partial charge in [-0.3, -0.25) is 0 Å². The van der Waals surface area contributed by atoms with E-state index in [4.69, 9.17) is 9.47 Å². The van der Waals surface area contributed by atoms with Gasteiger partial charge in [-0.1, -0.05) is 24.3 Å². The Kier molecular flexibility index (Phi) is 7.29. The smallest absolute Gasteiger partial charge is 0.164 e. The van der Waals surface area contributed by atoms with Crippen molar-refractivity contribution in [2.24, 2.45) is 5.92 Å². The molecule has 0 bridgehead atoms. The van der Waals surface area contributed by atoms with E-state index in [9.17, 15) is 9.50 Å². The second kappa shape index (κ2) is 9.89. The van der Waals surface area contributed by atoms with Crippen molar-refractivity contribution in [2.75, 3.05) is 40.5 Å². The molecule has 4 nitrogen and oxygen atoms in total. The number of aliphatic hydroxyl groups excluding tert-OH is 1. The summed E-state index contributed by atoms with van der Waals surface area (Å²) in [5.41, 5.74) is 2.19. The summed E-state index contributed by atoms with van der Waals surface area (Å²) in [5, 5.41) is 10.1. The number of rotatable bonds is 8. The number of aliphatic hydroxyl groups is 1. The number of hydrogen-bond acceptors (Lipinski definition) is 4. The molecule has 5 heteroatoms. The molecular formula is C23H30FNO3. The molecule has 1 heterocycles. The third kappa shape index (κ3) is 4.83. The zero-order valence-corrected chi connectivity index (χ0v) is 16.7. The molecule has 1 atom stereocenters. The summed E-state index contributed by atoms with van der Waals surface area (Å²) >= 11 is 0. The summed E-state index contributed by atoms with van der Waals surface area (Å²) in [6.07, 6.45) is 3.00. The lowest BCUT2D eigenvalue weighted by Gasteiger charge is -2.36. The van der Waals surface area contributed by atoms with Crippen LogP contribution in [0.4, 0.5) is 4.39 Å². The first-order valence-corrected chi connectivity index (χ1v) is 9.94. The van der Waals surface area contributed by atoms with Gasteiger partial charge >= 0.3 is 0 Å². The molecule has 0 radical (unpaired) electrons.